The van der Waals surface area contributed by atoms with Crippen LogP contribution in [0.5, 0.6) is 0 Å². The van der Waals surface area contributed by atoms with Crippen molar-refractivity contribution >= 4 is 38.3 Å². The van der Waals surface area contributed by atoms with Crippen molar-refractivity contribution in [2.45, 2.75) is 32.1 Å². The zero-order valence-corrected chi connectivity index (χ0v) is 18.5. The van der Waals surface area contributed by atoms with E-state index in [-0.39, 0.29) is 17.9 Å². The fourth-order valence-electron chi connectivity index (χ4n) is 3.36. The van der Waals surface area contributed by atoms with Crippen molar-refractivity contribution in [1.82, 2.24) is 10.9 Å². The first-order chi connectivity index (χ1) is 14.7. The summed E-state index contributed by atoms with van der Waals surface area (Å²) < 4.78 is 28.4. The summed E-state index contributed by atoms with van der Waals surface area (Å²) in [5.74, 6) is -0.901. The lowest BCUT2D eigenvalue weighted by atomic mass is 10.1. The van der Waals surface area contributed by atoms with Crippen molar-refractivity contribution in [2.24, 2.45) is 0 Å². The van der Waals surface area contributed by atoms with Crippen LogP contribution in [0.2, 0.25) is 0 Å². The lowest BCUT2D eigenvalue weighted by Crippen LogP contribution is -2.42. The number of hydrogen-bond acceptors (Lipinski definition) is 4. The number of benzene rings is 3. The van der Waals surface area contributed by atoms with Crippen LogP contribution in [0, 0.1) is 13.8 Å². The fourth-order valence-corrected chi connectivity index (χ4v) is 4.85. The lowest BCUT2D eigenvalue weighted by Gasteiger charge is -2.25. The van der Waals surface area contributed by atoms with E-state index in [0.29, 0.717) is 5.69 Å². The maximum absolute atomic E-state index is 13.6. The highest BCUT2D eigenvalue weighted by Gasteiger charge is 2.26. The van der Waals surface area contributed by atoms with Crippen molar-refractivity contribution in [1.29, 1.82) is 0 Å². The van der Waals surface area contributed by atoms with Gasteiger partial charge in [-0.25, -0.2) is 8.42 Å². The first kappa shape index (κ1) is 22.3. The maximum atomic E-state index is 13.6. The van der Waals surface area contributed by atoms with Gasteiger partial charge in [0.2, 0.25) is 11.8 Å². The highest BCUT2D eigenvalue weighted by atomic mass is 32.2. The third kappa shape index (κ3) is 5.40. The van der Waals surface area contributed by atoms with Gasteiger partial charge in [-0.05, 0) is 60.0 Å². The predicted molar refractivity (Wildman–Crippen MR) is 121 cm³/mol. The Kier molecular flexibility index (Phi) is 6.60. The van der Waals surface area contributed by atoms with E-state index in [4.69, 9.17) is 0 Å². The van der Waals surface area contributed by atoms with E-state index in [1.165, 1.54) is 11.2 Å². The van der Waals surface area contributed by atoms with Crippen molar-refractivity contribution in [2.75, 3.05) is 10.8 Å². The van der Waals surface area contributed by atoms with E-state index in [9.17, 15) is 18.0 Å². The molecule has 0 bridgehead atoms. The van der Waals surface area contributed by atoms with Crippen molar-refractivity contribution in [3.8, 4) is 0 Å². The second kappa shape index (κ2) is 9.18. The Morgan fingerprint density at radius 3 is 2.16 bits per heavy atom. The third-order valence-electron chi connectivity index (χ3n) is 4.72. The van der Waals surface area contributed by atoms with Gasteiger partial charge in [-0.1, -0.05) is 36.4 Å². The second-order valence-electron chi connectivity index (χ2n) is 7.41. The molecule has 2 N–H and O–H groups in total. The van der Waals surface area contributed by atoms with Gasteiger partial charge in [0.05, 0.1) is 10.6 Å². The van der Waals surface area contributed by atoms with E-state index < -0.39 is 21.8 Å². The number of rotatable bonds is 6. The number of sulfonamides is 1. The van der Waals surface area contributed by atoms with E-state index in [2.05, 4.69) is 10.9 Å². The molecule has 31 heavy (non-hydrogen) atoms. The molecule has 0 fully saturated rings. The molecule has 7 nitrogen and oxygen atoms in total. The van der Waals surface area contributed by atoms with Gasteiger partial charge >= 0.3 is 0 Å². The van der Waals surface area contributed by atoms with E-state index in [1.54, 1.807) is 30.3 Å². The third-order valence-corrected chi connectivity index (χ3v) is 6.55. The van der Waals surface area contributed by atoms with E-state index >= 15 is 0 Å². The van der Waals surface area contributed by atoms with Crippen LogP contribution in [-0.2, 0) is 19.6 Å². The highest BCUT2D eigenvalue weighted by molar-refractivity contribution is 7.92. The van der Waals surface area contributed by atoms with Gasteiger partial charge in [0, 0.05) is 19.9 Å². The minimum Gasteiger partial charge on any atom is -0.274 e. The molecule has 0 atom stereocenters. The van der Waals surface area contributed by atoms with Crippen LogP contribution < -0.4 is 15.2 Å². The molecule has 3 aromatic rings. The summed E-state index contributed by atoms with van der Waals surface area (Å²) in [4.78, 5) is 23.3. The summed E-state index contributed by atoms with van der Waals surface area (Å²) in [6.07, 6.45) is -0.125. The second-order valence-corrected chi connectivity index (χ2v) is 9.27. The molecule has 0 aliphatic rings. The molecule has 162 valence electrons. The average Bonchev–Trinajstić information content (AvgIpc) is 2.71. The number of fused-ring (bicyclic) bond motifs is 1. The zero-order chi connectivity index (χ0) is 22.6. The van der Waals surface area contributed by atoms with Gasteiger partial charge in [0.25, 0.3) is 10.0 Å². The first-order valence-corrected chi connectivity index (χ1v) is 11.3. The van der Waals surface area contributed by atoms with Crippen LogP contribution in [0.25, 0.3) is 10.8 Å². The number of carbonyl (C=O) groups is 2. The number of anilines is 1. The predicted octanol–water partition coefficient (Wildman–Crippen LogP) is 3.21. The minimum atomic E-state index is -3.94. The van der Waals surface area contributed by atoms with E-state index in [0.717, 1.165) is 21.9 Å². The smallest absolute Gasteiger partial charge is 0.264 e. The molecular formula is C23H25N3O4S. The normalized spacial score (nSPS) is 11.2. The van der Waals surface area contributed by atoms with Crippen LogP contribution in [0.3, 0.4) is 0 Å². The topological polar surface area (TPSA) is 95.6 Å². The Morgan fingerprint density at radius 2 is 1.52 bits per heavy atom. The van der Waals surface area contributed by atoms with Crippen LogP contribution >= 0.6 is 0 Å². The van der Waals surface area contributed by atoms with Crippen molar-refractivity contribution < 1.29 is 18.0 Å². The van der Waals surface area contributed by atoms with Gasteiger partial charge < -0.3 is 0 Å². The summed E-state index contributed by atoms with van der Waals surface area (Å²) in [6.45, 7) is 4.97. The fraction of sp³-hybridized carbons (Fsp3) is 0.217. The summed E-state index contributed by atoms with van der Waals surface area (Å²) in [5.41, 5.74) is 6.79. The molecule has 0 aliphatic carbocycles. The number of nitrogens with zero attached hydrogens (tertiary/aromatic N) is 1. The molecule has 3 aromatic carbocycles. The van der Waals surface area contributed by atoms with E-state index in [1.807, 2.05) is 44.2 Å². The number of carbonyl (C=O) groups excluding carboxylic acids is 2. The zero-order valence-electron chi connectivity index (χ0n) is 17.7. The Labute approximate surface area is 182 Å². The Bertz CT molecular complexity index is 1220. The van der Waals surface area contributed by atoms with Gasteiger partial charge in [0.1, 0.15) is 0 Å². The quantitative estimate of drug-likeness (QED) is 0.577. The average molecular weight is 440 g/mol. The monoisotopic (exact) mass is 439 g/mol. The Morgan fingerprint density at radius 1 is 0.871 bits per heavy atom. The summed E-state index contributed by atoms with van der Waals surface area (Å²) in [5, 5.41) is 1.75. The van der Waals surface area contributed by atoms with Crippen LogP contribution in [-0.4, -0.2) is 26.8 Å². The SMILES string of the molecule is CC(=O)NNC(=O)CCN(c1cc(C)cc(C)c1)S(=O)(=O)c1ccc2ccccc2c1. The Hall–Kier alpha value is -3.39. The number of nitrogens with one attached hydrogen (secondary N) is 2. The van der Waals surface area contributed by atoms with Gasteiger partial charge in [-0.15, -0.1) is 0 Å². The van der Waals surface area contributed by atoms with Crippen molar-refractivity contribution in [3.63, 3.8) is 0 Å². The number of hydrazine groups is 1. The molecule has 0 spiro atoms. The number of hydrogen-bond donors (Lipinski definition) is 2. The number of aryl methyl sites for hydroxylation is 2. The Balaban J connectivity index is 1.98. The molecule has 0 saturated heterocycles. The molecule has 0 heterocycles. The molecule has 0 aromatic heterocycles. The summed E-state index contributed by atoms with van der Waals surface area (Å²) in [6, 6.07) is 18.0. The van der Waals surface area contributed by atoms with Crippen LogP contribution in [0.15, 0.2) is 65.6 Å². The first-order valence-electron chi connectivity index (χ1n) is 9.82. The molecule has 3 rings (SSSR count). The molecule has 0 aliphatic heterocycles. The van der Waals surface area contributed by atoms with Gasteiger partial charge in [-0.3, -0.25) is 24.7 Å². The molecule has 2 amide bonds. The van der Waals surface area contributed by atoms with Crippen LogP contribution in [0.1, 0.15) is 24.5 Å². The molecule has 0 unspecified atom stereocenters. The van der Waals surface area contributed by atoms with Gasteiger partial charge in [0.15, 0.2) is 0 Å². The lowest BCUT2D eigenvalue weighted by molar-refractivity contribution is -0.127. The minimum absolute atomic E-state index is 0.0799. The summed E-state index contributed by atoms with van der Waals surface area (Å²) >= 11 is 0. The molecular weight excluding hydrogens is 414 g/mol. The standard InChI is InChI=1S/C23H25N3O4S/c1-16-12-17(2)14-21(13-16)26(11-10-23(28)25-24-18(3)27)31(29,30)22-9-8-19-6-4-5-7-20(19)15-22/h4-9,12-15H,10-11H2,1-3H3,(H,24,27)(H,25,28). The van der Waals surface area contributed by atoms with Crippen molar-refractivity contribution in [3.05, 3.63) is 71.8 Å². The molecule has 0 radical (unpaired) electrons. The molecule has 0 saturated carbocycles. The van der Waals surface area contributed by atoms with Gasteiger partial charge in [-0.2, -0.15) is 0 Å². The molecule has 8 heteroatoms. The van der Waals surface area contributed by atoms with Crippen LogP contribution in [0.4, 0.5) is 5.69 Å². The summed E-state index contributed by atoms with van der Waals surface area (Å²) in [7, 11) is -3.94. The number of amides is 2. The largest absolute Gasteiger partial charge is 0.274 e. The highest BCUT2D eigenvalue weighted by Crippen LogP contribution is 2.28. The maximum Gasteiger partial charge on any atom is 0.264 e.